The van der Waals surface area contributed by atoms with Crippen molar-refractivity contribution in [2.75, 3.05) is 27.4 Å². The summed E-state index contributed by atoms with van der Waals surface area (Å²) in [4.78, 5) is 0. The maximum Gasteiger partial charge on any atom is 0.161 e. The summed E-state index contributed by atoms with van der Waals surface area (Å²) in [5, 5.41) is 10.1. The van der Waals surface area contributed by atoms with Gasteiger partial charge in [-0.15, -0.1) is 6.58 Å². The van der Waals surface area contributed by atoms with Gasteiger partial charge >= 0.3 is 0 Å². The largest absolute Gasteiger partial charge is 0.493 e. The first-order valence-corrected chi connectivity index (χ1v) is 6.81. The van der Waals surface area contributed by atoms with Gasteiger partial charge in [-0.05, 0) is 30.5 Å². The van der Waals surface area contributed by atoms with Gasteiger partial charge in [0.2, 0.25) is 0 Å². The molecule has 20 heavy (non-hydrogen) atoms. The zero-order valence-electron chi connectivity index (χ0n) is 12.3. The van der Waals surface area contributed by atoms with Crippen LogP contribution in [0.2, 0.25) is 0 Å². The van der Waals surface area contributed by atoms with E-state index in [0.717, 1.165) is 18.4 Å². The summed E-state index contributed by atoms with van der Waals surface area (Å²) in [6.45, 7) is 4.87. The van der Waals surface area contributed by atoms with Crippen molar-refractivity contribution in [2.24, 2.45) is 0 Å². The first-order valence-electron chi connectivity index (χ1n) is 6.81. The van der Waals surface area contributed by atoms with Gasteiger partial charge in [-0.25, -0.2) is 0 Å². The molecule has 0 saturated carbocycles. The van der Waals surface area contributed by atoms with Crippen LogP contribution in [0.5, 0.6) is 11.5 Å². The van der Waals surface area contributed by atoms with Crippen LogP contribution in [0.15, 0.2) is 30.9 Å². The smallest absolute Gasteiger partial charge is 0.161 e. The van der Waals surface area contributed by atoms with Crippen molar-refractivity contribution in [1.82, 2.24) is 0 Å². The second-order valence-electron chi connectivity index (χ2n) is 4.49. The van der Waals surface area contributed by atoms with Gasteiger partial charge < -0.3 is 19.3 Å². The lowest BCUT2D eigenvalue weighted by Gasteiger charge is -2.15. The van der Waals surface area contributed by atoms with E-state index in [1.165, 1.54) is 0 Å². The molecule has 0 spiro atoms. The molecule has 1 N–H and O–H groups in total. The summed E-state index contributed by atoms with van der Waals surface area (Å²) in [6.07, 6.45) is 3.52. The van der Waals surface area contributed by atoms with E-state index >= 15 is 0 Å². The molecule has 0 fully saturated rings. The number of ether oxygens (including phenoxy) is 3. The molecule has 0 saturated heterocycles. The van der Waals surface area contributed by atoms with E-state index in [4.69, 9.17) is 14.2 Å². The van der Waals surface area contributed by atoms with E-state index in [9.17, 15) is 5.11 Å². The quantitative estimate of drug-likeness (QED) is 0.528. The first kappa shape index (κ1) is 16.5. The van der Waals surface area contributed by atoms with Crippen molar-refractivity contribution in [1.29, 1.82) is 0 Å². The molecule has 4 heteroatoms. The van der Waals surface area contributed by atoms with Crippen LogP contribution in [0.3, 0.4) is 0 Å². The molecule has 0 bridgehead atoms. The Morgan fingerprint density at radius 2 is 2.05 bits per heavy atom. The van der Waals surface area contributed by atoms with Crippen molar-refractivity contribution in [3.63, 3.8) is 0 Å². The molecule has 0 amide bonds. The molecule has 1 aromatic carbocycles. The van der Waals surface area contributed by atoms with Gasteiger partial charge in [-0.1, -0.05) is 12.1 Å². The Morgan fingerprint density at radius 3 is 2.70 bits per heavy atom. The molecule has 1 unspecified atom stereocenters. The Labute approximate surface area is 121 Å². The Morgan fingerprint density at radius 1 is 1.25 bits per heavy atom. The summed E-state index contributed by atoms with van der Waals surface area (Å²) in [5.74, 6) is 1.32. The topological polar surface area (TPSA) is 47.9 Å². The number of methoxy groups -OCH3 is 2. The van der Waals surface area contributed by atoms with Crippen LogP contribution >= 0.6 is 0 Å². The highest BCUT2D eigenvalue weighted by Crippen LogP contribution is 2.31. The Kier molecular flexibility index (Phi) is 7.77. The molecule has 4 nitrogen and oxygen atoms in total. The fourth-order valence-corrected chi connectivity index (χ4v) is 1.84. The van der Waals surface area contributed by atoms with Crippen molar-refractivity contribution in [2.45, 2.75) is 25.4 Å². The number of aliphatic hydroxyl groups excluding tert-OH is 1. The second kappa shape index (κ2) is 9.39. The summed E-state index contributed by atoms with van der Waals surface area (Å²) in [7, 11) is 3.27. The van der Waals surface area contributed by atoms with Crippen LogP contribution in [0.25, 0.3) is 0 Å². The minimum absolute atomic E-state index is 0.514. The van der Waals surface area contributed by atoms with Crippen LogP contribution in [-0.2, 0) is 4.74 Å². The van der Waals surface area contributed by atoms with Crippen molar-refractivity contribution < 1.29 is 19.3 Å². The normalized spacial score (nSPS) is 11.9. The second-order valence-corrected chi connectivity index (χ2v) is 4.49. The molecular weight excluding hydrogens is 256 g/mol. The highest BCUT2D eigenvalue weighted by atomic mass is 16.5. The van der Waals surface area contributed by atoms with E-state index in [0.29, 0.717) is 31.1 Å². The third kappa shape index (κ3) is 5.23. The third-order valence-corrected chi connectivity index (χ3v) is 2.97. The highest BCUT2D eigenvalue weighted by Gasteiger charge is 2.11. The predicted octanol–water partition coefficient (Wildman–Crippen LogP) is 3.11. The molecule has 112 valence electrons. The van der Waals surface area contributed by atoms with Gasteiger partial charge in [0, 0.05) is 20.1 Å². The average molecular weight is 280 g/mol. The van der Waals surface area contributed by atoms with Gasteiger partial charge in [0.05, 0.1) is 19.8 Å². The van der Waals surface area contributed by atoms with Gasteiger partial charge in [-0.3, -0.25) is 0 Å². The van der Waals surface area contributed by atoms with Crippen LogP contribution in [-0.4, -0.2) is 32.5 Å². The maximum atomic E-state index is 10.1. The van der Waals surface area contributed by atoms with Crippen molar-refractivity contribution >= 4 is 0 Å². The summed E-state index contributed by atoms with van der Waals surface area (Å²) in [5.41, 5.74) is 0.828. The van der Waals surface area contributed by atoms with Gasteiger partial charge in [0.15, 0.2) is 11.5 Å². The lowest BCUT2D eigenvalue weighted by molar-refractivity contribution is 0.164. The number of allylic oxidation sites excluding steroid dienone is 1. The van der Waals surface area contributed by atoms with Crippen molar-refractivity contribution in [3.8, 4) is 11.5 Å². The minimum atomic E-state index is -0.514. The Bertz CT molecular complexity index is 403. The summed E-state index contributed by atoms with van der Waals surface area (Å²) in [6, 6.07) is 5.51. The standard InChI is InChI=1S/C16H24O4/c1-4-5-7-14(17)13-8-9-15(19-3)16(12-13)20-11-6-10-18-2/h4,8-9,12,14,17H,1,5-7,10-11H2,2-3H3. The minimum Gasteiger partial charge on any atom is -0.493 e. The number of benzene rings is 1. The Hall–Kier alpha value is -1.52. The monoisotopic (exact) mass is 280 g/mol. The molecule has 0 aromatic heterocycles. The molecule has 0 heterocycles. The zero-order valence-corrected chi connectivity index (χ0v) is 12.3. The number of hydrogen-bond acceptors (Lipinski definition) is 4. The predicted molar refractivity (Wildman–Crippen MR) is 79.4 cm³/mol. The molecule has 1 aromatic rings. The fourth-order valence-electron chi connectivity index (χ4n) is 1.84. The molecule has 0 aliphatic rings. The summed E-state index contributed by atoms with van der Waals surface area (Å²) >= 11 is 0. The number of aliphatic hydroxyl groups is 1. The van der Waals surface area contributed by atoms with E-state index in [1.54, 1.807) is 20.3 Å². The van der Waals surface area contributed by atoms with E-state index < -0.39 is 6.10 Å². The fraction of sp³-hybridized carbons (Fsp3) is 0.500. The van der Waals surface area contributed by atoms with Gasteiger partial charge in [0.1, 0.15) is 0 Å². The van der Waals surface area contributed by atoms with Crippen LogP contribution < -0.4 is 9.47 Å². The maximum absolute atomic E-state index is 10.1. The molecule has 0 radical (unpaired) electrons. The average Bonchev–Trinajstić information content (AvgIpc) is 2.49. The lowest BCUT2D eigenvalue weighted by atomic mass is 10.0. The van der Waals surface area contributed by atoms with E-state index in [2.05, 4.69) is 6.58 Å². The molecule has 0 aliphatic carbocycles. The van der Waals surface area contributed by atoms with Crippen molar-refractivity contribution in [3.05, 3.63) is 36.4 Å². The Balaban J connectivity index is 2.71. The SMILES string of the molecule is C=CCCC(O)c1ccc(OC)c(OCCCOC)c1. The highest BCUT2D eigenvalue weighted by molar-refractivity contribution is 5.43. The third-order valence-electron chi connectivity index (χ3n) is 2.97. The summed E-state index contributed by atoms with van der Waals surface area (Å²) < 4.78 is 15.9. The van der Waals surface area contributed by atoms with Gasteiger partial charge in [0.25, 0.3) is 0 Å². The number of hydrogen-bond donors (Lipinski definition) is 1. The van der Waals surface area contributed by atoms with E-state index in [-0.39, 0.29) is 0 Å². The van der Waals surface area contributed by atoms with Crippen LogP contribution in [0.1, 0.15) is 30.9 Å². The van der Waals surface area contributed by atoms with Crippen LogP contribution in [0.4, 0.5) is 0 Å². The molecular formula is C16H24O4. The molecule has 1 atom stereocenters. The number of rotatable bonds is 10. The zero-order chi connectivity index (χ0) is 14.8. The first-order chi connectivity index (χ1) is 9.72. The van der Waals surface area contributed by atoms with E-state index in [1.807, 2.05) is 18.2 Å². The van der Waals surface area contributed by atoms with Crippen LogP contribution in [0, 0.1) is 0 Å². The molecule has 1 rings (SSSR count). The molecule has 0 aliphatic heterocycles. The lowest BCUT2D eigenvalue weighted by Crippen LogP contribution is -2.04. The van der Waals surface area contributed by atoms with Gasteiger partial charge in [-0.2, -0.15) is 0 Å².